The summed E-state index contributed by atoms with van der Waals surface area (Å²) in [6.07, 6.45) is 0.725. The first-order chi connectivity index (χ1) is 8.11. The Morgan fingerprint density at radius 2 is 1.88 bits per heavy atom. The van der Waals surface area contributed by atoms with Crippen molar-refractivity contribution in [2.45, 2.75) is 6.92 Å². The third kappa shape index (κ3) is 2.37. The van der Waals surface area contributed by atoms with Gasteiger partial charge in [-0.15, -0.1) is 0 Å². The van der Waals surface area contributed by atoms with Crippen LogP contribution in [0.15, 0.2) is 36.4 Å². The molecule has 0 unspecified atom stereocenters. The van der Waals surface area contributed by atoms with Gasteiger partial charge in [-0.05, 0) is 30.7 Å². The molecule has 0 aromatic heterocycles. The highest BCUT2D eigenvalue weighted by Gasteiger charge is 2.10. The van der Waals surface area contributed by atoms with Gasteiger partial charge in [0.1, 0.15) is 5.82 Å². The topological polar surface area (TPSA) is 17.1 Å². The summed E-state index contributed by atoms with van der Waals surface area (Å²) in [5, 5.41) is 0.339. The fourth-order valence-electron chi connectivity index (χ4n) is 1.71. The molecule has 0 fully saturated rings. The zero-order chi connectivity index (χ0) is 12.4. The number of aldehydes is 1. The van der Waals surface area contributed by atoms with Crippen LogP contribution in [0.5, 0.6) is 0 Å². The van der Waals surface area contributed by atoms with Gasteiger partial charge in [-0.2, -0.15) is 0 Å². The van der Waals surface area contributed by atoms with E-state index < -0.39 is 5.82 Å². The van der Waals surface area contributed by atoms with Crippen molar-refractivity contribution >= 4 is 17.9 Å². The van der Waals surface area contributed by atoms with Gasteiger partial charge in [0.05, 0.1) is 0 Å². The van der Waals surface area contributed by atoms with Crippen LogP contribution in [0.1, 0.15) is 15.9 Å². The molecule has 0 aliphatic rings. The summed E-state index contributed by atoms with van der Waals surface area (Å²) in [6.45, 7) is 1.89. The maximum atomic E-state index is 13.8. The predicted octanol–water partition coefficient (Wildman–Crippen LogP) is 4.27. The molecule has 0 N–H and O–H groups in total. The van der Waals surface area contributed by atoms with E-state index in [1.807, 2.05) is 13.0 Å². The number of aryl methyl sites for hydroxylation is 1. The molecule has 0 saturated heterocycles. The molecule has 0 heterocycles. The molecular formula is C14H10ClFO. The number of hydrogen-bond acceptors (Lipinski definition) is 1. The lowest BCUT2D eigenvalue weighted by Crippen LogP contribution is -1.91. The second-order valence-corrected chi connectivity index (χ2v) is 4.27. The van der Waals surface area contributed by atoms with Gasteiger partial charge in [0.25, 0.3) is 0 Å². The molecule has 3 heteroatoms. The van der Waals surface area contributed by atoms with Crippen LogP contribution >= 0.6 is 11.6 Å². The SMILES string of the molecule is Cc1ccc(C=O)c(-c2ccc(Cl)cc2F)c1. The number of carbonyl (C=O) groups is 1. The van der Waals surface area contributed by atoms with Gasteiger partial charge in [0, 0.05) is 16.1 Å². The quantitative estimate of drug-likeness (QED) is 0.726. The molecule has 86 valence electrons. The summed E-state index contributed by atoms with van der Waals surface area (Å²) in [6, 6.07) is 9.73. The number of carbonyl (C=O) groups excluding carboxylic acids is 1. The molecule has 17 heavy (non-hydrogen) atoms. The van der Waals surface area contributed by atoms with Gasteiger partial charge >= 0.3 is 0 Å². The minimum Gasteiger partial charge on any atom is -0.298 e. The number of hydrogen-bond donors (Lipinski definition) is 0. The summed E-state index contributed by atoms with van der Waals surface area (Å²) in [5.74, 6) is -0.425. The molecule has 0 spiro atoms. The van der Waals surface area contributed by atoms with Crippen molar-refractivity contribution in [1.29, 1.82) is 0 Å². The highest BCUT2D eigenvalue weighted by Crippen LogP contribution is 2.28. The number of halogens is 2. The van der Waals surface area contributed by atoms with Gasteiger partial charge in [0.15, 0.2) is 6.29 Å². The van der Waals surface area contributed by atoms with E-state index in [0.29, 0.717) is 21.7 Å². The zero-order valence-corrected chi connectivity index (χ0v) is 9.96. The minimum absolute atomic E-state index is 0.339. The normalized spacial score (nSPS) is 10.3. The molecule has 0 aliphatic carbocycles. The standard InChI is InChI=1S/C14H10ClFO/c1-9-2-3-10(8-17)13(6-9)12-5-4-11(15)7-14(12)16/h2-8H,1H3. The molecule has 0 radical (unpaired) electrons. The van der Waals surface area contributed by atoms with E-state index in [1.54, 1.807) is 24.3 Å². The largest absolute Gasteiger partial charge is 0.298 e. The molecule has 2 aromatic rings. The van der Waals surface area contributed by atoms with Crippen LogP contribution in [0.25, 0.3) is 11.1 Å². The smallest absolute Gasteiger partial charge is 0.150 e. The van der Waals surface area contributed by atoms with Gasteiger partial charge in [-0.3, -0.25) is 4.79 Å². The Balaban J connectivity index is 2.66. The van der Waals surface area contributed by atoms with Crippen molar-refractivity contribution in [3.8, 4) is 11.1 Å². The lowest BCUT2D eigenvalue weighted by atomic mass is 9.98. The molecule has 0 atom stereocenters. The Morgan fingerprint density at radius 1 is 1.12 bits per heavy atom. The van der Waals surface area contributed by atoms with E-state index in [9.17, 15) is 9.18 Å². The Labute approximate surface area is 104 Å². The van der Waals surface area contributed by atoms with Gasteiger partial charge in [0.2, 0.25) is 0 Å². The molecular weight excluding hydrogens is 239 g/mol. The zero-order valence-electron chi connectivity index (χ0n) is 9.21. The first kappa shape index (κ1) is 11.8. The van der Waals surface area contributed by atoms with Gasteiger partial charge in [-0.1, -0.05) is 35.4 Å². The summed E-state index contributed by atoms with van der Waals surface area (Å²) < 4.78 is 13.8. The second kappa shape index (κ2) is 4.68. The van der Waals surface area contributed by atoms with Crippen LogP contribution in [0.3, 0.4) is 0 Å². The number of benzene rings is 2. The third-order valence-electron chi connectivity index (χ3n) is 2.56. The Hall–Kier alpha value is -1.67. The maximum Gasteiger partial charge on any atom is 0.150 e. The third-order valence-corrected chi connectivity index (χ3v) is 2.79. The van der Waals surface area contributed by atoms with Crippen molar-refractivity contribution in [3.05, 3.63) is 58.4 Å². The van der Waals surface area contributed by atoms with Crippen molar-refractivity contribution < 1.29 is 9.18 Å². The fraction of sp³-hybridized carbons (Fsp3) is 0.0714. The predicted molar refractivity (Wildman–Crippen MR) is 67.0 cm³/mol. The van der Waals surface area contributed by atoms with Crippen LogP contribution < -0.4 is 0 Å². The second-order valence-electron chi connectivity index (χ2n) is 3.83. The summed E-state index contributed by atoms with van der Waals surface area (Å²) in [5.41, 5.74) is 2.42. The van der Waals surface area contributed by atoms with Crippen LogP contribution in [0, 0.1) is 12.7 Å². The van der Waals surface area contributed by atoms with Crippen molar-refractivity contribution in [3.63, 3.8) is 0 Å². The summed E-state index contributed by atoms with van der Waals surface area (Å²) in [4.78, 5) is 10.9. The molecule has 0 aliphatic heterocycles. The monoisotopic (exact) mass is 248 g/mol. The van der Waals surface area contributed by atoms with E-state index >= 15 is 0 Å². The van der Waals surface area contributed by atoms with Crippen LogP contribution in [0.4, 0.5) is 4.39 Å². The van der Waals surface area contributed by atoms with Crippen molar-refractivity contribution in [1.82, 2.24) is 0 Å². The van der Waals surface area contributed by atoms with E-state index in [2.05, 4.69) is 0 Å². The molecule has 2 aromatic carbocycles. The first-order valence-electron chi connectivity index (χ1n) is 5.13. The van der Waals surface area contributed by atoms with Crippen molar-refractivity contribution in [2.75, 3.05) is 0 Å². The Kier molecular flexibility index (Phi) is 3.25. The lowest BCUT2D eigenvalue weighted by Gasteiger charge is -2.08. The fourth-order valence-corrected chi connectivity index (χ4v) is 1.87. The highest BCUT2D eigenvalue weighted by molar-refractivity contribution is 6.30. The average Bonchev–Trinajstić information content (AvgIpc) is 2.29. The summed E-state index contributed by atoms with van der Waals surface area (Å²) in [7, 11) is 0. The molecule has 0 amide bonds. The Morgan fingerprint density at radius 3 is 2.53 bits per heavy atom. The van der Waals surface area contributed by atoms with Crippen LogP contribution in [0.2, 0.25) is 5.02 Å². The van der Waals surface area contributed by atoms with E-state index in [1.165, 1.54) is 6.07 Å². The van der Waals surface area contributed by atoms with Crippen LogP contribution in [-0.2, 0) is 0 Å². The lowest BCUT2D eigenvalue weighted by molar-refractivity contribution is 0.112. The highest BCUT2D eigenvalue weighted by atomic mass is 35.5. The molecule has 2 rings (SSSR count). The first-order valence-corrected chi connectivity index (χ1v) is 5.51. The van der Waals surface area contributed by atoms with Crippen molar-refractivity contribution in [2.24, 2.45) is 0 Å². The van der Waals surface area contributed by atoms with Gasteiger partial charge in [-0.25, -0.2) is 4.39 Å². The van der Waals surface area contributed by atoms with Gasteiger partial charge < -0.3 is 0 Å². The van der Waals surface area contributed by atoms with E-state index in [-0.39, 0.29) is 0 Å². The molecule has 0 bridgehead atoms. The average molecular weight is 249 g/mol. The van der Waals surface area contributed by atoms with E-state index in [4.69, 9.17) is 11.6 Å². The van der Waals surface area contributed by atoms with Crippen LogP contribution in [-0.4, -0.2) is 6.29 Å². The summed E-state index contributed by atoms with van der Waals surface area (Å²) >= 11 is 5.70. The maximum absolute atomic E-state index is 13.8. The minimum atomic E-state index is -0.425. The Bertz CT molecular complexity index is 578. The molecule has 1 nitrogen and oxygen atoms in total. The number of rotatable bonds is 2. The van der Waals surface area contributed by atoms with E-state index in [0.717, 1.165) is 11.8 Å². The molecule has 0 saturated carbocycles.